The molecule has 0 fully saturated rings. The summed E-state index contributed by atoms with van der Waals surface area (Å²) in [7, 11) is 3.57. The van der Waals surface area contributed by atoms with Crippen molar-refractivity contribution < 1.29 is 4.79 Å². The number of hydrogen-bond donors (Lipinski definition) is 1. The zero-order chi connectivity index (χ0) is 12.6. The van der Waals surface area contributed by atoms with Gasteiger partial charge in [0, 0.05) is 25.7 Å². The normalized spacial score (nSPS) is 10.8. The summed E-state index contributed by atoms with van der Waals surface area (Å²) in [5, 5.41) is 3.62. The number of fused-ring (bicyclic) bond motifs is 1. The summed E-state index contributed by atoms with van der Waals surface area (Å²) in [5.41, 5.74) is 2.78. The van der Waals surface area contributed by atoms with Crippen molar-refractivity contribution in [3.8, 4) is 0 Å². The predicted molar refractivity (Wildman–Crippen MR) is 65.8 cm³/mol. The van der Waals surface area contributed by atoms with Crippen molar-refractivity contribution in [1.82, 2.24) is 19.9 Å². The molecule has 0 saturated carbocycles. The lowest BCUT2D eigenvalue weighted by molar-refractivity contribution is -0.119. The van der Waals surface area contributed by atoms with Crippen LogP contribution in [0.2, 0.25) is 0 Å². The molecule has 1 N–H and O–H groups in total. The maximum absolute atomic E-state index is 11.5. The molecule has 0 aliphatic heterocycles. The number of likely N-dealkylation sites (N-methyl/N-ethyl adjacent to an activating group) is 1. The van der Waals surface area contributed by atoms with E-state index in [4.69, 9.17) is 0 Å². The number of carbonyl (C=O) groups excluding carboxylic acids is 1. The van der Waals surface area contributed by atoms with Gasteiger partial charge < -0.3 is 9.88 Å². The van der Waals surface area contributed by atoms with Gasteiger partial charge >= 0.3 is 0 Å². The Morgan fingerprint density at radius 1 is 1.41 bits per heavy atom. The van der Waals surface area contributed by atoms with Gasteiger partial charge in [0.05, 0.1) is 12.1 Å². The molecule has 0 radical (unpaired) electrons. The Morgan fingerprint density at radius 2 is 2.12 bits per heavy atom. The van der Waals surface area contributed by atoms with E-state index in [0.29, 0.717) is 6.42 Å². The van der Waals surface area contributed by atoms with Crippen molar-refractivity contribution >= 4 is 16.9 Å². The first-order valence-corrected chi connectivity index (χ1v) is 5.52. The van der Waals surface area contributed by atoms with Crippen molar-refractivity contribution in [3.63, 3.8) is 0 Å². The Balaban J connectivity index is 2.62. The largest absolute Gasteiger partial charge is 0.359 e. The van der Waals surface area contributed by atoms with Gasteiger partial charge in [-0.05, 0) is 19.4 Å². The molecule has 90 valence electrons. The van der Waals surface area contributed by atoms with Crippen LogP contribution in [0.4, 0.5) is 0 Å². The highest BCUT2D eigenvalue weighted by Crippen LogP contribution is 2.22. The van der Waals surface area contributed by atoms with E-state index in [-0.39, 0.29) is 5.91 Å². The van der Waals surface area contributed by atoms with Gasteiger partial charge in [-0.25, -0.2) is 9.97 Å². The molecule has 0 aromatic carbocycles. The highest BCUT2D eigenvalue weighted by molar-refractivity contribution is 5.88. The first kappa shape index (κ1) is 11.6. The van der Waals surface area contributed by atoms with E-state index >= 15 is 0 Å². The Labute approximate surface area is 99.9 Å². The van der Waals surface area contributed by atoms with E-state index in [1.807, 2.05) is 31.7 Å². The van der Waals surface area contributed by atoms with E-state index in [2.05, 4.69) is 15.3 Å². The molecule has 5 heteroatoms. The molecule has 2 rings (SSSR count). The summed E-state index contributed by atoms with van der Waals surface area (Å²) in [5.74, 6) is 0.750. The third-order valence-electron chi connectivity index (χ3n) is 2.82. The van der Waals surface area contributed by atoms with Crippen LogP contribution in [0.15, 0.2) is 6.20 Å². The molecule has 5 nitrogen and oxygen atoms in total. The van der Waals surface area contributed by atoms with Crippen LogP contribution in [0.25, 0.3) is 11.0 Å². The standard InChI is InChI=1S/C12H16N4O/c1-7-11-9(5-10(17)13-3)6-16(4)12(11)15-8(2)14-7/h6H,5H2,1-4H3,(H,13,17). The third-order valence-corrected chi connectivity index (χ3v) is 2.82. The van der Waals surface area contributed by atoms with Gasteiger partial charge in [0.25, 0.3) is 0 Å². The van der Waals surface area contributed by atoms with Crippen LogP contribution in [0, 0.1) is 13.8 Å². The number of nitrogens with zero attached hydrogens (tertiary/aromatic N) is 3. The van der Waals surface area contributed by atoms with Crippen molar-refractivity contribution in [2.75, 3.05) is 7.05 Å². The fraction of sp³-hybridized carbons (Fsp3) is 0.417. The van der Waals surface area contributed by atoms with Gasteiger partial charge in [-0.3, -0.25) is 4.79 Å². The lowest BCUT2D eigenvalue weighted by Gasteiger charge is -2.02. The molecule has 0 aliphatic rings. The van der Waals surface area contributed by atoms with Crippen molar-refractivity contribution in [2.24, 2.45) is 7.05 Å². The fourth-order valence-electron chi connectivity index (χ4n) is 2.08. The second kappa shape index (κ2) is 4.16. The molecule has 2 aromatic heterocycles. The maximum atomic E-state index is 11.5. The van der Waals surface area contributed by atoms with Crippen LogP contribution in [0.1, 0.15) is 17.1 Å². The molecule has 0 unspecified atom stereocenters. The molecule has 1 amide bonds. The fourth-order valence-corrected chi connectivity index (χ4v) is 2.08. The number of nitrogens with one attached hydrogen (secondary N) is 1. The van der Waals surface area contributed by atoms with Gasteiger partial charge in [-0.1, -0.05) is 0 Å². The first-order valence-electron chi connectivity index (χ1n) is 5.52. The Kier molecular flexibility index (Phi) is 2.83. The van der Waals surface area contributed by atoms with E-state index < -0.39 is 0 Å². The number of aromatic nitrogens is 3. The van der Waals surface area contributed by atoms with Crippen LogP contribution >= 0.6 is 0 Å². The smallest absolute Gasteiger partial charge is 0.224 e. The third kappa shape index (κ3) is 2.00. The second-order valence-corrected chi connectivity index (χ2v) is 4.17. The molecule has 0 atom stereocenters. The summed E-state index contributed by atoms with van der Waals surface area (Å²) in [6.45, 7) is 3.82. The number of rotatable bonds is 2. The predicted octanol–water partition coefficient (Wildman–Crippen LogP) is 0.874. The van der Waals surface area contributed by atoms with Crippen LogP contribution < -0.4 is 5.32 Å². The average Bonchev–Trinajstić information content (AvgIpc) is 2.55. The molecule has 17 heavy (non-hydrogen) atoms. The molecule has 0 aliphatic carbocycles. The summed E-state index contributed by atoms with van der Waals surface area (Å²) in [4.78, 5) is 20.2. The minimum Gasteiger partial charge on any atom is -0.359 e. The molecule has 0 saturated heterocycles. The Morgan fingerprint density at radius 3 is 2.76 bits per heavy atom. The number of carbonyl (C=O) groups is 1. The van der Waals surface area contributed by atoms with Gasteiger partial charge in [0.15, 0.2) is 0 Å². The molecule has 0 bridgehead atoms. The summed E-state index contributed by atoms with van der Waals surface area (Å²) in [6.07, 6.45) is 2.31. The molecular formula is C12H16N4O. The van der Waals surface area contributed by atoms with Gasteiger partial charge in [-0.2, -0.15) is 0 Å². The average molecular weight is 232 g/mol. The van der Waals surface area contributed by atoms with Gasteiger partial charge in [0.2, 0.25) is 5.91 Å². The topological polar surface area (TPSA) is 59.8 Å². The molecule has 2 heterocycles. The van der Waals surface area contributed by atoms with Crippen LogP contribution in [0.3, 0.4) is 0 Å². The molecular weight excluding hydrogens is 216 g/mol. The second-order valence-electron chi connectivity index (χ2n) is 4.17. The number of hydrogen-bond acceptors (Lipinski definition) is 3. The highest BCUT2D eigenvalue weighted by Gasteiger charge is 2.14. The van der Waals surface area contributed by atoms with E-state index in [9.17, 15) is 4.79 Å². The SMILES string of the molecule is CNC(=O)Cc1cn(C)c2nc(C)nc(C)c12. The lowest BCUT2D eigenvalue weighted by atomic mass is 10.1. The monoisotopic (exact) mass is 232 g/mol. The first-order chi connectivity index (χ1) is 8.02. The summed E-state index contributed by atoms with van der Waals surface area (Å²) >= 11 is 0. The van der Waals surface area contributed by atoms with Gasteiger partial charge in [-0.15, -0.1) is 0 Å². The van der Waals surface area contributed by atoms with Crippen molar-refractivity contribution in [1.29, 1.82) is 0 Å². The lowest BCUT2D eigenvalue weighted by Crippen LogP contribution is -2.19. The zero-order valence-electron chi connectivity index (χ0n) is 10.5. The Hall–Kier alpha value is -1.91. The van der Waals surface area contributed by atoms with Crippen molar-refractivity contribution in [3.05, 3.63) is 23.3 Å². The van der Waals surface area contributed by atoms with E-state index in [1.54, 1.807) is 7.05 Å². The minimum absolute atomic E-state index is 0.00234. The minimum atomic E-state index is -0.00234. The molecule has 0 spiro atoms. The van der Waals surface area contributed by atoms with Crippen LogP contribution in [-0.2, 0) is 18.3 Å². The van der Waals surface area contributed by atoms with Crippen LogP contribution in [0.5, 0.6) is 0 Å². The maximum Gasteiger partial charge on any atom is 0.224 e. The molecule has 2 aromatic rings. The van der Waals surface area contributed by atoms with Crippen LogP contribution in [-0.4, -0.2) is 27.5 Å². The summed E-state index contributed by atoms with van der Waals surface area (Å²) in [6, 6.07) is 0. The quantitative estimate of drug-likeness (QED) is 0.836. The number of aryl methyl sites for hydroxylation is 3. The highest BCUT2D eigenvalue weighted by atomic mass is 16.1. The summed E-state index contributed by atoms with van der Waals surface area (Å²) < 4.78 is 1.94. The van der Waals surface area contributed by atoms with Crippen molar-refractivity contribution in [2.45, 2.75) is 20.3 Å². The van der Waals surface area contributed by atoms with E-state index in [1.165, 1.54) is 0 Å². The number of amides is 1. The Bertz CT molecular complexity index is 586. The van der Waals surface area contributed by atoms with Gasteiger partial charge in [0.1, 0.15) is 11.5 Å². The van der Waals surface area contributed by atoms with E-state index in [0.717, 1.165) is 28.1 Å². The zero-order valence-corrected chi connectivity index (χ0v) is 10.5.